The van der Waals surface area contributed by atoms with E-state index in [0.29, 0.717) is 0 Å². The monoisotopic (exact) mass is 666 g/mol. The van der Waals surface area contributed by atoms with E-state index in [-0.39, 0.29) is 6.71 Å². The summed E-state index contributed by atoms with van der Waals surface area (Å²) in [6.07, 6.45) is 0. The first-order valence-electron chi connectivity index (χ1n) is 17.6. The fourth-order valence-corrected chi connectivity index (χ4v) is 13.1. The van der Waals surface area contributed by atoms with Gasteiger partial charge in [0.05, 0.1) is 0 Å². The predicted molar refractivity (Wildman–Crippen MR) is 219 cm³/mol. The lowest BCUT2D eigenvalue weighted by atomic mass is 9.34. The van der Waals surface area contributed by atoms with Crippen molar-refractivity contribution >= 4 is 51.9 Å². The standard InChI is InChI=1S/C48H35BOSi/c1-6-20-36(21-7-1)41-30-18-31-42(37-22-8-2-9-23-37)47(41)49-43-32-16-17-34-45(43)50-48-44(49)33-19-35-46(48)51(38-24-10-3-11-25-38,39-26-12-4-13-27-39)40-28-14-5-15-29-40/h1-35H. The smallest absolute Gasteiger partial charge is 0.252 e. The molecule has 1 aliphatic heterocycles. The number of hydrogen-bond acceptors (Lipinski definition) is 1. The Balaban J connectivity index is 1.40. The summed E-state index contributed by atoms with van der Waals surface area (Å²) in [5.41, 5.74) is 8.51. The molecular formula is C48H35BOSi. The molecule has 0 unspecified atom stereocenters. The van der Waals surface area contributed by atoms with Crippen molar-refractivity contribution in [3.05, 3.63) is 212 Å². The van der Waals surface area contributed by atoms with Crippen LogP contribution in [0.5, 0.6) is 11.5 Å². The number of para-hydroxylation sites is 2. The molecular weight excluding hydrogens is 631 g/mol. The first-order valence-corrected chi connectivity index (χ1v) is 19.6. The van der Waals surface area contributed by atoms with E-state index >= 15 is 0 Å². The van der Waals surface area contributed by atoms with Gasteiger partial charge in [0, 0.05) is 0 Å². The van der Waals surface area contributed by atoms with E-state index < -0.39 is 8.07 Å². The highest BCUT2D eigenvalue weighted by Gasteiger charge is 2.46. The maximum atomic E-state index is 7.26. The normalized spacial score (nSPS) is 12.0. The van der Waals surface area contributed by atoms with Crippen molar-refractivity contribution in [2.24, 2.45) is 0 Å². The van der Waals surface area contributed by atoms with E-state index in [9.17, 15) is 0 Å². The van der Waals surface area contributed by atoms with Gasteiger partial charge in [0.15, 0.2) is 8.07 Å². The topological polar surface area (TPSA) is 9.23 Å². The van der Waals surface area contributed by atoms with Crippen LogP contribution in [0, 0.1) is 0 Å². The van der Waals surface area contributed by atoms with Crippen molar-refractivity contribution in [1.82, 2.24) is 0 Å². The highest BCUT2D eigenvalue weighted by Crippen LogP contribution is 2.31. The van der Waals surface area contributed by atoms with E-state index in [1.807, 2.05) is 0 Å². The fraction of sp³-hybridized carbons (Fsp3) is 0. The zero-order valence-electron chi connectivity index (χ0n) is 28.2. The Morgan fingerprint density at radius 3 is 1.27 bits per heavy atom. The van der Waals surface area contributed by atoms with Crippen LogP contribution in [0.1, 0.15) is 0 Å². The van der Waals surface area contributed by atoms with Crippen molar-refractivity contribution in [2.75, 3.05) is 0 Å². The minimum Gasteiger partial charge on any atom is -0.459 e. The average Bonchev–Trinajstić information content (AvgIpc) is 3.22. The lowest BCUT2D eigenvalue weighted by molar-refractivity contribution is 0.491. The van der Waals surface area contributed by atoms with Crippen LogP contribution in [0.4, 0.5) is 0 Å². The van der Waals surface area contributed by atoms with Gasteiger partial charge in [-0.05, 0) is 60.0 Å². The lowest BCUT2D eigenvalue weighted by Gasteiger charge is -2.38. The minimum absolute atomic E-state index is 0.0782. The second kappa shape index (κ2) is 13.3. The molecule has 0 atom stereocenters. The van der Waals surface area contributed by atoms with Crippen LogP contribution in [0.15, 0.2) is 212 Å². The van der Waals surface area contributed by atoms with E-state index in [0.717, 1.165) is 11.5 Å². The van der Waals surface area contributed by atoms with Gasteiger partial charge in [-0.25, -0.2) is 0 Å². The van der Waals surface area contributed by atoms with Gasteiger partial charge in [-0.2, -0.15) is 0 Å². The third-order valence-electron chi connectivity index (χ3n) is 10.4. The van der Waals surface area contributed by atoms with Crippen LogP contribution in [0.3, 0.4) is 0 Å². The molecule has 3 heteroatoms. The van der Waals surface area contributed by atoms with Gasteiger partial charge < -0.3 is 4.74 Å². The predicted octanol–water partition coefficient (Wildman–Crippen LogP) is 7.02. The third kappa shape index (κ3) is 5.26. The summed E-state index contributed by atoms with van der Waals surface area (Å²) in [7, 11) is -2.91. The maximum Gasteiger partial charge on any atom is 0.252 e. The molecule has 51 heavy (non-hydrogen) atoms. The first kappa shape index (κ1) is 30.9. The Labute approximate surface area is 301 Å². The molecule has 8 aromatic carbocycles. The quantitative estimate of drug-likeness (QED) is 0.131. The van der Waals surface area contributed by atoms with Crippen LogP contribution in [-0.4, -0.2) is 14.8 Å². The van der Waals surface area contributed by atoms with Crippen molar-refractivity contribution in [2.45, 2.75) is 0 Å². The molecule has 0 saturated carbocycles. The van der Waals surface area contributed by atoms with E-state index in [2.05, 4.69) is 212 Å². The molecule has 0 N–H and O–H groups in total. The van der Waals surface area contributed by atoms with Gasteiger partial charge in [0.25, 0.3) is 6.71 Å². The zero-order chi connectivity index (χ0) is 34.0. The third-order valence-corrected chi connectivity index (χ3v) is 15.2. The number of ether oxygens (including phenoxy) is 1. The van der Waals surface area contributed by atoms with Gasteiger partial charge in [-0.3, -0.25) is 0 Å². The van der Waals surface area contributed by atoms with Gasteiger partial charge in [-0.15, -0.1) is 0 Å². The van der Waals surface area contributed by atoms with Crippen molar-refractivity contribution in [3.8, 4) is 33.8 Å². The molecule has 0 aliphatic carbocycles. The molecule has 9 rings (SSSR count). The Hall–Kier alpha value is -6.16. The van der Waals surface area contributed by atoms with Crippen LogP contribution >= 0.6 is 0 Å². The van der Waals surface area contributed by atoms with Crippen LogP contribution in [0.25, 0.3) is 22.3 Å². The van der Waals surface area contributed by atoms with Crippen LogP contribution < -0.4 is 41.9 Å². The summed E-state index contributed by atoms with van der Waals surface area (Å²) < 4.78 is 7.26. The molecule has 0 amide bonds. The molecule has 0 fully saturated rings. The summed E-state index contributed by atoms with van der Waals surface area (Å²) in [6, 6.07) is 77.3. The summed E-state index contributed by atoms with van der Waals surface area (Å²) in [5, 5.41) is 5.22. The Bertz CT molecular complexity index is 2280. The SMILES string of the molecule is c1ccc(-c2cccc(-c3ccccc3)c2B2c3ccccc3Oc3c2cccc3[Si](c2ccccc2)(c2ccccc2)c2ccccc2)cc1. The van der Waals surface area contributed by atoms with Gasteiger partial charge in [-0.1, -0.05) is 212 Å². The van der Waals surface area contributed by atoms with Crippen molar-refractivity contribution in [3.63, 3.8) is 0 Å². The molecule has 8 aromatic rings. The molecule has 1 aliphatic rings. The minimum atomic E-state index is -2.91. The van der Waals surface area contributed by atoms with Crippen LogP contribution in [-0.2, 0) is 0 Å². The molecule has 0 bridgehead atoms. The number of benzene rings is 8. The molecule has 0 aromatic heterocycles. The first-order chi connectivity index (χ1) is 25.3. The molecule has 0 saturated heterocycles. The number of hydrogen-bond donors (Lipinski definition) is 0. The van der Waals surface area contributed by atoms with Crippen molar-refractivity contribution < 1.29 is 4.74 Å². The van der Waals surface area contributed by atoms with Crippen molar-refractivity contribution in [1.29, 1.82) is 0 Å². The van der Waals surface area contributed by atoms with E-state index in [1.54, 1.807) is 0 Å². The highest BCUT2D eigenvalue weighted by atomic mass is 28.3. The summed E-state index contributed by atoms with van der Waals surface area (Å²) in [5.74, 6) is 1.87. The molecule has 240 valence electrons. The largest absolute Gasteiger partial charge is 0.459 e. The molecule has 0 spiro atoms. The highest BCUT2D eigenvalue weighted by molar-refractivity contribution is 7.20. The van der Waals surface area contributed by atoms with Gasteiger partial charge in [0.2, 0.25) is 0 Å². The molecule has 1 nitrogen and oxygen atoms in total. The second-order valence-electron chi connectivity index (χ2n) is 13.1. The molecule has 0 radical (unpaired) electrons. The number of fused-ring (bicyclic) bond motifs is 2. The summed E-state index contributed by atoms with van der Waals surface area (Å²) >= 11 is 0. The van der Waals surface area contributed by atoms with Crippen LogP contribution in [0.2, 0.25) is 0 Å². The average molecular weight is 667 g/mol. The van der Waals surface area contributed by atoms with Gasteiger partial charge in [0.1, 0.15) is 11.5 Å². The summed E-state index contributed by atoms with van der Waals surface area (Å²) in [6.45, 7) is -0.0782. The zero-order valence-corrected chi connectivity index (χ0v) is 29.2. The second-order valence-corrected chi connectivity index (χ2v) is 16.9. The van der Waals surface area contributed by atoms with E-state index in [1.165, 1.54) is 59.4 Å². The molecule has 1 heterocycles. The fourth-order valence-electron chi connectivity index (χ4n) is 8.24. The Morgan fingerprint density at radius 2 is 0.765 bits per heavy atom. The number of rotatable bonds is 7. The Morgan fingerprint density at radius 1 is 0.353 bits per heavy atom. The maximum absolute atomic E-state index is 7.26. The Kier molecular flexibility index (Phi) is 8.04. The van der Waals surface area contributed by atoms with E-state index in [4.69, 9.17) is 4.74 Å². The summed E-state index contributed by atoms with van der Waals surface area (Å²) in [4.78, 5) is 0. The van der Waals surface area contributed by atoms with Gasteiger partial charge >= 0.3 is 0 Å². The lowest BCUT2D eigenvalue weighted by Crippen LogP contribution is -2.75.